The van der Waals surface area contributed by atoms with Crippen LogP contribution in [0.15, 0.2) is 70.7 Å². The number of nitrogens with zero attached hydrogens (tertiary/aromatic N) is 4. The summed E-state index contributed by atoms with van der Waals surface area (Å²) in [6.45, 7) is 6.09. The van der Waals surface area contributed by atoms with Crippen molar-refractivity contribution in [3.63, 3.8) is 0 Å². The molecule has 1 atom stereocenters. The number of aliphatic carboxylic acids is 1. The molecule has 2 N–H and O–H groups in total. The van der Waals surface area contributed by atoms with Crippen LogP contribution in [-0.4, -0.2) is 55.7 Å². The van der Waals surface area contributed by atoms with Crippen molar-refractivity contribution in [2.45, 2.75) is 80.9 Å². The van der Waals surface area contributed by atoms with Crippen LogP contribution in [0.25, 0.3) is 22.4 Å². The second-order valence-electron chi connectivity index (χ2n) is 15.1. The van der Waals surface area contributed by atoms with E-state index in [1.165, 1.54) is 17.8 Å². The summed E-state index contributed by atoms with van der Waals surface area (Å²) in [5.41, 5.74) is 1.94. The average molecular weight is 716 g/mol. The first-order chi connectivity index (χ1) is 23.7. The second-order valence-corrected chi connectivity index (χ2v) is 18.4. The van der Waals surface area contributed by atoms with Crippen molar-refractivity contribution in [2.24, 2.45) is 17.9 Å². The molecule has 1 aliphatic heterocycles. The number of aromatic amines is 1. The molecule has 0 saturated heterocycles. The number of carbonyl (C=O) groups is 1. The normalized spacial score (nSPS) is 21.5. The first-order valence-electron chi connectivity index (χ1n) is 17.0. The van der Waals surface area contributed by atoms with E-state index in [4.69, 9.17) is 10.1 Å². The van der Waals surface area contributed by atoms with Crippen molar-refractivity contribution >= 4 is 38.5 Å². The monoisotopic (exact) mass is 715 g/mol. The predicted octanol–water partition coefficient (Wildman–Crippen LogP) is 7.53. The van der Waals surface area contributed by atoms with E-state index in [9.17, 15) is 18.3 Å². The predicted molar refractivity (Wildman–Crippen MR) is 193 cm³/mol. The van der Waals surface area contributed by atoms with Gasteiger partial charge in [0.1, 0.15) is 11.5 Å². The van der Waals surface area contributed by atoms with Gasteiger partial charge in [-0.1, -0.05) is 56.3 Å². The molecular weight excluding hydrogens is 674 g/mol. The van der Waals surface area contributed by atoms with Crippen LogP contribution in [0.4, 0.5) is 4.39 Å². The van der Waals surface area contributed by atoms with E-state index < -0.39 is 37.9 Å². The molecule has 9 nitrogen and oxygen atoms in total. The highest BCUT2D eigenvalue weighted by atomic mass is 32.2. The van der Waals surface area contributed by atoms with E-state index in [2.05, 4.69) is 23.0 Å². The number of nitrogens with one attached hydrogen (secondary N) is 1. The lowest BCUT2D eigenvalue weighted by Crippen LogP contribution is -2.29. The van der Waals surface area contributed by atoms with Crippen molar-refractivity contribution in [3.05, 3.63) is 89.3 Å². The van der Waals surface area contributed by atoms with Crippen molar-refractivity contribution in [1.82, 2.24) is 24.7 Å². The highest BCUT2D eigenvalue weighted by Gasteiger charge is 2.50. The Hall–Kier alpha value is -4.03. The minimum absolute atomic E-state index is 0.0112. The summed E-state index contributed by atoms with van der Waals surface area (Å²) < 4.78 is 44.9. The first-order valence-corrected chi connectivity index (χ1v) is 19.7. The molecular formula is C38H42FN5O4S2. The standard InChI is InChI=1S/C38H42FN5O4S2/c1-36(2)12-6-13-37(3,25-8-5-7-24(19-25)22-38(14-15-38)35(45)46)34-42-33(44(4)43-34)31-20-26(9-16-41-31)49-32-28(11-18-50(47,48)23-36)27-10-17-40-30(27)21-29(32)39/h5,7-10,16-17,19-21,40H,6,11-15,18,22-23H2,1-4H3,(H,45,46)/t37-/m1/s1. The smallest absolute Gasteiger partial charge is 0.309 e. The lowest BCUT2D eigenvalue weighted by atomic mass is 9.75. The SMILES string of the molecule is Cn1nc2nc1-c1cc(ccn1)Sc1c(F)cc3[nH]ccc3c1CCS(=O)(=O)CC(C)(C)CCC[C@]2(C)c1cccc(CC2(C(=O)O)CC2)c1. The quantitative estimate of drug-likeness (QED) is 0.195. The fraction of sp³-hybridized carbons (Fsp3) is 0.421. The molecule has 12 heteroatoms. The number of carboxylic acids is 1. The number of pyridine rings is 1. The molecule has 1 saturated carbocycles. The van der Waals surface area contributed by atoms with E-state index in [-0.39, 0.29) is 17.9 Å². The summed E-state index contributed by atoms with van der Waals surface area (Å²) in [6.07, 6.45) is 7.42. The lowest BCUT2D eigenvalue weighted by molar-refractivity contribution is -0.143. The van der Waals surface area contributed by atoms with Gasteiger partial charge in [-0.25, -0.2) is 22.5 Å². The third kappa shape index (κ3) is 6.71. The van der Waals surface area contributed by atoms with Crippen LogP contribution in [0, 0.1) is 16.6 Å². The molecule has 3 aromatic heterocycles. The molecule has 1 aliphatic carbocycles. The van der Waals surface area contributed by atoms with Crippen LogP contribution in [0.5, 0.6) is 0 Å². The topological polar surface area (TPSA) is 131 Å². The van der Waals surface area contributed by atoms with Crippen LogP contribution >= 0.6 is 11.8 Å². The lowest BCUT2D eigenvalue weighted by Gasteiger charge is -2.31. The third-order valence-electron chi connectivity index (χ3n) is 10.5. The first kappa shape index (κ1) is 34.4. The minimum Gasteiger partial charge on any atom is -0.481 e. The molecule has 262 valence electrons. The highest BCUT2D eigenvalue weighted by Crippen LogP contribution is 2.49. The number of rotatable bonds is 4. The maximum absolute atomic E-state index is 15.8. The zero-order valence-electron chi connectivity index (χ0n) is 28.8. The Balaban J connectivity index is 1.33. The van der Waals surface area contributed by atoms with Gasteiger partial charge in [0.15, 0.2) is 21.5 Å². The van der Waals surface area contributed by atoms with Crippen LogP contribution in [0.2, 0.25) is 0 Å². The van der Waals surface area contributed by atoms with E-state index in [0.29, 0.717) is 71.8 Å². The second kappa shape index (κ2) is 12.6. The number of aromatic nitrogens is 5. The number of benzene rings is 2. The van der Waals surface area contributed by atoms with Gasteiger partial charge in [-0.3, -0.25) is 9.78 Å². The van der Waals surface area contributed by atoms with E-state index in [1.807, 2.05) is 57.3 Å². The van der Waals surface area contributed by atoms with Crippen molar-refractivity contribution in [2.75, 3.05) is 11.5 Å². The maximum Gasteiger partial charge on any atom is 0.309 e. The Morgan fingerprint density at radius 1 is 1.08 bits per heavy atom. The molecule has 0 radical (unpaired) electrons. The summed E-state index contributed by atoms with van der Waals surface area (Å²) in [6, 6.07) is 15.1. The van der Waals surface area contributed by atoms with Gasteiger partial charge in [-0.2, -0.15) is 5.10 Å². The van der Waals surface area contributed by atoms with Crippen LogP contribution in [0.3, 0.4) is 0 Å². The molecule has 5 aromatic rings. The average Bonchev–Trinajstić information content (AvgIpc) is 3.50. The number of aryl methyl sites for hydroxylation is 2. The molecule has 2 aliphatic rings. The molecule has 0 spiro atoms. The number of hydrogen-bond acceptors (Lipinski definition) is 7. The van der Waals surface area contributed by atoms with Gasteiger partial charge in [-0.05, 0) is 91.8 Å². The molecule has 2 aromatic carbocycles. The Bertz CT molecular complexity index is 2220. The fourth-order valence-electron chi connectivity index (χ4n) is 7.47. The summed E-state index contributed by atoms with van der Waals surface area (Å²) in [4.78, 5) is 25.9. The molecule has 7 rings (SSSR count). The third-order valence-corrected chi connectivity index (χ3v) is 13.7. The summed E-state index contributed by atoms with van der Waals surface area (Å²) in [5, 5.41) is 15.6. The van der Waals surface area contributed by atoms with Crippen LogP contribution < -0.4 is 0 Å². The van der Waals surface area contributed by atoms with E-state index in [0.717, 1.165) is 21.4 Å². The fourth-order valence-corrected chi connectivity index (χ4v) is 10.5. The molecule has 1 fully saturated rings. The Labute approximate surface area is 296 Å². The largest absolute Gasteiger partial charge is 0.481 e. The Kier molecular flexibility index (Phi) is 8.69. The van der Waals surface area contributed by atoms with E-state index >= 15 is 4.39 Å². The summed E-state index contributed by atoms with van der Waals surface area (Å²) in [5.74, 6) is -0.0743. The van der Waals surface area contributed by atoms with Gasteiger partial charge in [-0.15, -0.1) is 0 Å². The maximum atomic E-state index is 15.8. The van der Waals surface area contributed by atoms with Crippen molar-refractivity contribution in [3.8, 4) is 11.5 Å². The van der Waals surface area contributed by atoms with Crippen molar-refractivity contribution < 1.29 is 22.7 Å². The van der Waals surface area contributed by atoms with Crippen LogP contribution in [0.1, 0.15) is 75.4 Å². The molecule has 4 heterocycles. The number of fused-ring (bicyclic) bond motifs is 8. The number of H-pyrrole nitrogens is 1. The van der Waals surface area contributed by atoms with Crippen LogP contribution in [-0.2, 0) is 39.9 Å². The van der Waals surface area contributed by atoms with Crippen molar-refractivity contribution in [1.29, 1.82) is 0 Å². The zero-order chi connectivity index (χ0) is 35.5. The molecule has 0 unspecified atom stereocenters. The Morgan fingerprint density at radius 2 is 1.88 bits per heavy atom. The number of carboxylic acid groups (broad SMARTS) is 1. The van der Waals surface area contributed by atoms with Gasteiger partial charge < -0.3 is 10.1 Å². The number of sulfone groups is 1. The van der Waals surface area contributed by atoms with E-state index in [1.54, 1.807) is 17.1 Å². The zero-order valence-corrected chi connectivity index (χ0v) is 30.4. The molecule has 50 heavy (non-hydrogen) atoms. The summed E-state index contributed by atoms with van der Waals surface area (Å²) >= 11 is 1.25. The van der Waals surface area contributed by atoms with Gasteiger partial charge in [0, 0.05) is 35.2 Å². The number of hydrogen-bond donors (Lipinski definition) is 2. The van der Waals surface area contributed by atoms with Gasteiger partial charge >= 0.3 is 5.97 Å². The Morgan fingerprint density at radius 3 is 2.64 bits per heavy atom. The van der Waals surface area contributed by atoms with Gasteiger partial charge in [0.05, 0.1) is 27.2 Å². The number of halogens is 1. The minimum atomic E-state index is -3.50. The molecule has 0 amide bonds. The highest BCUT2D eigenvalue weighted by molar-refractivity contribution is 7.99. The summed E-state index contributed by atoms with van der Waals surface area (Å²) in [7, 11) is -1.67. The van der Waals surface area contributed by atoms with Gasteiger partial charge in [0.25, 0.3) is 0 Å². The van der Waals surface area contributed by atoms with Gasteiger partial charge in [0.2, 0.25) is 0 Å². The molecule has 4 bridgehead atoms.